The van der Waals surface area contributed by atoms with Crippen LogP contribution in [0.5, 0.6) is 0 Å². The summed E-state index contributed by atoms with van der Waals surface area (Å²) in [7, 11) is -3.13. The summed E-state index contributed by atoms with van der Waals surface area (Å²) >= 11 is 0. The highest BCUT2D eigenvalue weighted by Crippen LogP contribution is 2.48. The van der Waals surface area contributed by atoms with Gasteiger partial charge in [-0.15, -0.1) is 0 Å². The zero-order valence-electron chi connectivity index (χ0n) is 33.3. The molecular formula is C43H87O2P. The lowest BCUT2D eigenvalue weighted by molar-refractivity contribution is 0.181. The lowest BCUT2D eigenvalue weighted by atomic mass is 9.72. The first kappa shape index (κ1) is 46.2. The number of unbranched alkanes of at least 4 members (excludes halogenated alkanes) is 1. The van der Waals surface area contributed by atoms with Crippen molar-refractivity contribution in [1.29, 1.82) is 0 Å². The highest BCUT2D eigenvalue weighted by molar-refractivity contribution is 7.57. The van der Waals surface area contributed by atoms with E-state index in [1.807, 2.05) is 0 Å². The van der Waals surface area contributed by atoms with Crippen molar-refractivity contribution in [3.05, 3.63) is 6.92 Å². The average molecular weight is 667 g/mol. The Balaban J connectivity index is 6.63. The van der Waals surface area contributed by atoms with Gasteiger partial charge >= 0.3 is 0 Å². The monoisotopic (exact) mass is 667 g/mol. The van der Waals surface area contributed by atoms with Gasteiger partial charge in [-0.05, 0) is 124 Å². The van der Waals surface area contributed by atoms with E-state index in [1.165, 1.54) is 103 Å². The van der Waals surface area contributed by atoms with Crippen LogP contribution in [0.15, 0.2) is 0 Å². The van der Waals surface area contributed by atoms with Crippen molar-refractivity contribution in [2.24, 2.45) is 53.3 Å². The molecule has 0 saturated carbocycles. The average Bonchev–Trinajstić information content (AvgIpc) is 3.04. The van der Waals surface area contributed by atoms with E-state index in [0.29, 0.717) is 30.1 Å². The molecule has 4 unspecified atom stereocenters. The van der Waals surface area contributed by atoms with E-state index in [-0.39, 0.29) is 0 Å². The summed E-state index contributed by atoms with van der Waals surface area (Å²) in [6.45, 7) is 29.5. The fraction of sp³-hybridized carbons (Fsp3) is 0.977. The quantitative estimate of drug-likeness (QED) is 0.0726. The van der Waals surface area contributed by atoms with Crippen LogP contribution in [-0.2, 0) is 4.57 Å². The van der Waals surface area contributed by atoms with Gasteiger partial charge in [-0.2, -0.15) is 0 Å². The van der Waals surface area contributed by atoms with E-state index >= 15 is 0 Å². The molecule has 0 spiro atoms. The molecule has 46 heavy (non-hydrogen) atoms. The Morgan fingerprint density at radius 2 is 0.739 bits per heavy atom. The molecular weight excluding hydrogens is 579 g/mol. The second-order valence-electron chi connectivity index (χ2n) is 16.0. The predicted molar refractivity (Wildman–Crippen MR) is 209 cm³/mol. The van der Waals surface area contributed by atoms with E-state index in [9.17, 15) is 9.46 Å². The van der Waals surface area contributed by atoms with Crippen molar-refractivity contribution >= 4 is 7.37 Å². The van der Waals surface area contributed by atoms with Gasteiger partial charge in [0.05, 0.1) is 0 Å². The third-order valence-corrected chi connectivity index (χ3v) is 14.7. The maximum Gasteiger partial charge on any atom is 0.200 e. The maximum atomic E-state index is 13.7. The van der Waals surface area contributed by atoms with Gasteiger partial charge in [0.15, 0.2) is 0 Å². The van der Waals surface area contributed by atoms with Crippen molar-refractivity contribution in [2.75, 3.05) is 12.3 Å². The Kier molecular flexibility index (Phi) is 28.1. The maximum absolute atomic E-state index is 13.7. The summed E-state index contributed by atoms with van der Waals surface area (Å²) in [6.07, 6.45) is 26.6. The normalized spacial score (nSPS) is 16.0. The fourth-order valence-corrected chi connectivity index (χ4v) is 11.1. The Labute approximate surface area is 292 Å². The minimum Gasteiger partial charge on any atom is -0.344 e. The molecule has 4 atom stereocenters. The van der Waals surface area contributed by atoms with Crippen LogP contribution in [0.25, 0.3) is 0 Å². The molecule has 0 amide bonds. The van der Waals surface area contributed by atoms with Gasteiger partial charge < -0.3 is 4.89 Å². The number of rotatable bonds is 32. The summed E-state index contributed by atoms with van der Waals surface area (Å²) in [5.41, 5.74) is 0. The van der Waals surface area contributed by atoms with Crippen LogP contribution in [-0.4, -0.2) is 17.2 Å². The highest BCUT2D eigenvalue weighted by Gasteiger charge is 2.32. The van der Waals surface area contributed by atoms with Crippen LogP contribution in [0.3, 0.4) is 0 Å². The summed E-state index contributed by atoms with van der Waals surface area (Å²) in [5.74, 6) is 6.36. The molecule has 2 nitrogen and oxygen atoms in total. The highest BCUT2D eigenvalue weighted by atomic mass is 31.2. The van der Waals surface area contributed by atoms with E-state index in [4.69, 9.17) is 6.92 Å². The fourth-order valence-electron chi connectivity index (χ4n) is 9.11. The smallest absolute Gasteiger partial charge is 0.200 e. The standard InChI is InChI=1S/C43H87O2P/c1-12-23-24-39(22-11)30-42(31-40(26-35(14-3)15-4)27-36(16-5)17-6)33-43(34-46(44,45)25-13-2)32-41(28-37(18-7)19-8)29-38(20-9)21-10/h1,35-43H,12-34H2,2-11H3,(H,44,45). The molecule has 0 heterocycles. The molecule has 2 radical (unpaired) electrons. The minimum absolute atomic E-state index is 0.357. The molecule has 1 N–H and O–H groups in total. The Morgan fingerprint density at radius 3 is 1.02 bits per heavy atom. The summed E-state index contributed by atoms with van der Waals surface area (Å²) in [5, 5.41) is 0. The van der Waals surface area contributed by atoms with Gasteiger partial charge in [-0.25, -0.2) is 0 Å². The number of hydrogen-bond acceptors (Lipinski definition) is 1. The molecule has 0 saturated heterocycles. The van der Waals surface area contributed by atoms with E-state index in [0.717, 1.165) is 67.6 Å². The second-order valence-corrected chi connectivity index (χ2v) is 18.5. The first-order chi connectivity index (χ1) is 22.0. The van der Waals surface area contributed by atoms with Crippen molar-refractivity contribution < 1.29 is 9.46 Å². The lowest BCUT2D eigenvalue weighted by Gasteiger charge is -2.35. The number of hydrogen-bond donors (Lipinski definition) is 1. The van der Waals surface area contributed by atoms with Gasteiger partial charge in [0.2, 0.25) is 7.37 Å². The molecule has 0 aliphatic rings. The van der Waals surface area contributed by atoms with Gasteiger partial charge in [0, 0.05) is 12.3 Å². The molecule has 0 bridgehead atoms. The van der Waals surface area contributed by atoms with Crippen LogP contribution >= 0.6 is 7.37 Å². The van der Waals surface area contributed by atoms with Crippen LogP contribution in [0.2, 0.25) is 0 Å². The van der Waals surface area contributed by atoms with Crippen molar-refractivity contribution in [2.45, 2.75) is 204 Å². The minimum atomic E-state index is -3.13. The van der Waals surface area contributed by atoms with Crippen LogP contribution < -0.4 is 0 Å². The van der Waals surface area contributed by atoms with Gasteiger partial charge in [-0.1, -0.05) is 140 Å². The Morgan fingerprint density at radius 1 is 0.457 bits per heavy atom. The topological polar surface area (TPSA) is 37.3 Å². The zero-order chi connectivity index (χ0) is 35.0. The SMILES string of the molecule is [CH]CCCC(CC)CC(CC(CC(CC)CC)CC(CC)CC)CC(CC(CC(CC)CC)CC(CC)CC)CP(=O)(O)CCC. The second kappa shape index (κ2) is 27.9. The molecule has 276 valence electrons. The largest absolute Gasteiger partial charge is 0.344 e. The molecule has 0 aliphatic carbocycles. The Bertz CT molecular complexity index is 678. The van der Waals surface area contributed by atoms with Crippen molar-refractivity contribution in [3.63, 3.8) is 0 Å². The van der Waals surface area contributed by atoms with E-state index < -0.39 is 7.37 Å². The molecule has 0 rings (SSSR count). The summed E-state index contributed by atoms with van der Waals surface area (Å²) in [6, 6.07) is 0. The van der Waals surface area contributed by atoms with Gasteiger partial charge in [0.25, 0.3) is 0 Å². The summed E-state index contributed by atoms with van der Waals surface area (Å²) in [4.78, 5) is 11.3. The summed E-state index contributed by atoms with van der Waals surface area (Å²) < 4.78 is 13.7. The van der Waals surface area contributed by atoms with Crippen molar-refractivity contribution in [3.8, 4) is 0 Å². The van der Waals surface area contributed by atoms with Gasteiger partial charge in [-0.3, -0.25) is 4.57 Å². The molecule has 0 aromatic heterocycles. The first-order valence-electron chi connectivity index (χ1n) is 21.0. The molecule has 0 aromatic carbocycles. The first-order valence-corrected chi connectivity index (χ1v) is 23.0. The predicted octanol–water partition coefficient (Wildman–Crippen LogP) is 14.9. The molecule has 0 aromatic rings. The van der Waals surface area contributed by atoms with Crippen LogP contribution in [0.4, 0.5) is 0 Å². The lowest BCUT2D eigenvalue weighted by Crippen LogP contribution is -2.24. The molecule has 0 fully saturated rings. The van der Waals surface area contributed by atoms with Crippen LogP contribution in [0, 0.1) is 60.2 Å². The Hall–Kier alpha value is 0.190. The van der Waals surface area contributed by atoms with E-state index in [1.54, 1.807) is 0 Å². The van der Waals surface area contributed by atoms with Crippen molar-refractivity contribution in [1.82, 2.24) is 0 Å². The van der Waals surface area contributed by atoms with Crippen LogP contribution in [0.1, 0.15) is 204 Å². The molecule has 0 aliphatic heterocycles. The zero-order valence-corrected chi connectivity index (χ0v) is 34.2. The van der Waals surface area contributed by atoms with Gasteiger partial charge in [0.1, 0.15) is 0 Å². The van der Waals surface area contributed by atoms with E-state index in [2.05, 4.69) is 69.2 Å². The third-order valence-electron chi connectivity index (χ3n) is 12.5. The molecule has 3 heteroatoms. The third kappa shape index (κ3) is 20.6.